The molecule has 2 aromatic heterocycles. The minimum atomic E-state index is -0.400. The largest absolute Gasteiger partial charge is 0.395 e. The predicted molar refractivity (Wildman–Crippen MR) is 163 cm³/mol. The van der Waals surface area contributed by atoms with Gasteiger partial charge in [-0.2, -0.15) is 0 Å². The average molecular weight is 592 g/mol. The number of benzene rings is 2. The first-order chi connectivity index (χ1) is 20.3. The van der Waals surface area contributed by atoms with Crippen LogP contribution in [0.5, 0.6) is 0 Å². The Balaban J connectivity index is 1.49. The topological polar surface area (TPSA) is 153 Å². The van der Waals surface area contributed by atoms with Crippen molar-refractivity contribution in [3.63, 3.8) is 0 Å². The molecule has 0 aliphatic carbocycles. The van der Waals surface area contributed by atoms with Crippen LogP contribution < -0.4 is 21.3 Å². The van der Waals surface area contributed by atoms with Crippen LogP contribution in [0.2, 0.25) is 5.02 Å². The summed E-state index contributed by atoms with van der Waals surface area (Å²) in [4.78, 5) is 34.7. The van der Waals surface area contributed by atoms with E-state index < -0.39 is 5.91 Å². The third-order valence-electron chi connectivity index (χ3n) is 6.52. The van der Waals surface area contributed by atoms with Crippen LogP contribution in [0.1, 0.15) is 37.9 Å². The molecule has 220 valence electrons. The van der Waals surface area contributed by atoms with Crippen LogP contribution in [0.15, 0.2) is 60.9 Å². The third-order valence-corrected chi connectivity index (χ3v) is 6.93. The van der Waals surface area contributed by atoms with Crippen LogP contribution in [-0.4, -0.2) is 62.9 Å². The number of nitrogens with one attached hydrogen (secondary N) is 4. The number of carbonyl (C=O) groups excluding carboxylic acids is 2. The average Bonchev–Trinajstić information content (AvgIpc) is 3.36. The van der Waals surface area contributed by atoms with Crippen LogP contribution in [0.25, 0.3) is 11.1 Å². The van der Waals surface area contributed by atoms with Gasteiger partial charge >= 0.3 is 0 Å². The van der Waals surface area contributed by atoms with Crippen molar-refractivity contribution in [2.45, 2.75) is 20.0 Å². The molecule has 0 unspecified atom stereocenters. The van der Waals surface area contributed by atoms with E-state index in [0.29, 0.717) is 53.8 Å². The molecule has 2 amide bonds. The lowest BCUT2D eigenvalue weighted by molar-refractivity contribution is 0.100. The summed E-state index contributed by atoms with van der Waals surface area (Å²) in [6.45, 7) is 3.83. The molecule has 6 N–H and O–H groups in total. The van der Waals surface area contributed by atoms with Crippen molar-refractivity contribution in [3.05, 3.63) is 94.3 Å². The molecule has 0 aliphatic rings. The van der Waals surface area contributed by atoms with Crippen LogP contribution in [0.4, 0.5) is 11.4 Å². The van der Waals surface area contributed by atoms with E-state index in [0.717, 1.165) is 16.7 Å². The number of aryl methyl sites for hydroxylation is 1. The first kappa shape index (κ1) is 30.8. The molecule has 0 saturated heterocycles. The van der Waals surface area contributed by atoms with Crippen molar-refractivity contribution in [1.29, 1.82) is 0 Å². The van der Waals surface area contributed by atoms with Gasteiger partial charge in [-0.3, -0.25) is 14.6 Å². The number of nitrogens with zero attached hydrogens (tertiary/aromatic N) is 3. The molecule has 2 heterocycles. The van der Waals surface area contributed by atoms with Crippen LogP contribution >= 0.6 is 11.6 Å². The fraction of sp³-hybridized carbons (Fsp3) is 0.267. The lowest BCUT2D eigenvalue weighted by Crippen LogP contribution is -2.19. The summed E-state index contributed by atoms with van der Waals surface area (Å²) in [7, 11) is 1.75. The number of anilines is 2. The highest BCUT2D eigenvalue weighted by Crippen LogP contribution is 2.37. The second-order valence-electron chi connectivity index (χ2n) is 9.57. The predicted octanol–water partition coefficient (Wildman–Crippen LogP) is 3.11. The van der Waals surface area contributed by atoms with E-state index in [2.05, 4.69) is 31.2 Å². The van der Waals surface area contributed by atoms with E-state index in [1.165, 1.54) is 0 Å². The van der Waals surface area contributed by atoms with E-state index in [-0.39, 0.29) is 30.6 Å². The van der Waals surface area contributed by atoms with Crippen LogP contribution in [0.3, 0.4) is 0 Å². The molecule has 0 spiro atoms. The van der Waals surface area contributed by atoms with E-state index >= 15 is 0 Å². The number of aromatic nitrogens is 3. The first-order valence-electron chi connectivity index (χ1n) is 13.4. The number of carbonyl (C=O) groups is 2. The molecule has 0 aliphatic heterocycles. The molecule has 0 bridgehead atoms. The first-order valence-corrected chi connectivity index (χ1v) is 13.8. The smallest absolute Gasteiger partial charge is 0.291 e. The molecule has 0 fully saturated rings. The Morgan fingerprint density at radius 2 is 1.55 bits per heavy atom. The van der Waals surface area contributed by atoms with Gasteiger partial charge < -0.3 is 36.0 Å². The Morgan fingerprint density at radius 1 is 0.881 bits per heavy atom. The minimum Gasteiger partial charge on any atom is -0.395 e. The second kappa shape index (κ2) is 14.7. The number of hydrogen-bond acceptors (Lipinski definition) is 8. The summed E-state index contributed by atoms with van der Waals surface area (Å²) in [5, 5.41) is 30.1. The van der Waals surface area contributed by atoms with Gasteiger partial charge in [0.15, 0.2) is 5.82 Å². The van der Waals surface area contributed by atoms with Crippen molar-refractivity contribution in [3.8, 4) is 11.1 Å². The second-order valence-corrected chi connectivity index (χ2v) is 9.95. The lowest BCUT2D eigenvalue weighted by Gasteiger charge is -2.16. The third kappa shape index (κ3) is 7.58. The van der Waals surface area contributed by atoms with Crippen molar-refractivity contribution in [2.24, 2.45) is 7.05 Å². The maximum absolute atomic E-state index is 13.1. The number of pyridine rings is 1. The summed E-state index contributed by atoms with van der Waals surface area (Å²) in [5.74, 6) is -0.505. The van der Waals surface area contributed by atoms with Crippen molar-refractivity contribution in [1.82, 2.24) is 25.2 Å². The Kier molecular flexibility index (Phi) is 10.8. The molecular weight excluding hydrogens is 558 g/mol. The minimum absolute atomic E-state index is 0.0193. The van der Waals surface area contributed by atoms with E-state index in [1.807, 2.05) is 25.1 Å². The molecule has 2 aromatic carbocycles. The maximum atomic E-state index is 13.1. The molecule has 42 heavy (non-hydrogen) atoms. The van der Waals surface area contributed by atoms with Gasteiger partial charge in [0.1, 0.15) is 5.69 Å². The molecule has 0 saturated carbocycles. The monoisotopic (exact) mass is 591 g/mol. The molecule has 4 aromatic rings. The Bertz CT molecular complexity index is 1540. The number of rotatable bonds is 13. The summed E-state index contributed by atoms with van der Waals surface area (Å²) in [6.07, 6.45) is 3.38. The molecule has 0 radical (unpaired) electrons. The normalized spacial score (nSPS) is 11.0. The SMILES string of the molecule is Cc1c(NC(=O)c2nc(CNCCO)cn2C)cccc1-c1cccc(NC(=O)c2ccc(CNCCO)cn2)c1Cl. The highest BCUT2D eigenvalue weighted by Gasteiger charge is 2.18. The quantitative estimate of drug-likeness (QED) is 0.130. The number of halogens is 1. The van der Waals surface area contributed by atoms with E-state index in [4.69, 9.17) is 21.8 Å². The molecule has 4 rings (SSSR count). The lowest BCUT2D eigenvalue weighted by atomic mass is 9.98. The zero-order valence-electron chi connectivity index (χ0n) is 23.4. The summed E-state index contributed by atoms with van der Waals surface area (Å²) < 4.78 is 1.66. The number of aliphatic hydroxyl groups is 2. The van der Waals surface area contributed by atoms with Crippen molar-refractivity contribution >= 4 is 34.8 Å². The molecule has 0 atom stereocenters. The fourth-order valence-corrected chi connectivity index (χ4v) is 4.63. The van der Waals surface area contributed by atoms with Crippen LogP contribution in [0, 0.1) is 6.92 Å². The van der Waals surface area contributed by atoms with Gasteiger partial charge in [0, 0.05) is 56.9 Å². The summed E-state index contributed by atoms with van der Waals surface area (Å²) in [6, 6.07) is 14.3. The fourth-order valence-electron chi connectivity index (χ4n) is 4.36. The Labute approximate surface area is 249 Å². The Morgan fingerprint density at radius 3 is 2.24 bits per heavy atom. The van der Waals surface area contributed by atoms with Gasteiger partial charge in [0.05, 0.1) is 29.6 Å². The zero-order chi connectivity index (χ0) is 30.1. The molecule has 11 nitrogen and oxygen atoms in total. The van der Waals surface area contributed by atoms with E-state index in [9.17, 15) is 9.59 Å². The molecular formula is C30H34ClN7O4. The summed E-state index contributed by atoms with van der Waals surface area (Å²) in [5.41, 5.74) is 5.13. The van der Waals surface area contributed by atoms with E-state index in [1.54, 1.807) is 54.3 Å². The van der Waals surface area contributed by atoms with Crippen LogP contribution in [-0.2, 0) is 20.1 Å². The summed E-state index contributed by atoms with van der Waals surface area (Å²) >= 11 is 6.79. The maximum Gasteiger partial charge on any atom is 0.291 e. The Hall–Kier alpha value is -4.13. The number of imidazole rings is 1. The highest BCUT2D eigenvalue weighted by molar-refractivity contribution is 6.36. The van der Waals surface area contributed by atoms with Gasteiger partial charge in [-0.05, 0) is 41.8 Å². The zero-order valence-corrected chi connectivity index (χ0v) is 24.2. The van der Waals surface area contributed by atoms with Crippen molar-refractivity contribution in [2.75, 3.05) is 36.9 Å². The number of aliphatic hydroxyl groups excluding tert-OH is 2. The molecule has 12 heteroatoms. The highest BCUT2D eigenvalue weighted by atomic mass is 35.5. The van der Waals surface area contributed by atoms with Gasteiger partial charge in [0.25, 0.3) is 11.8 Å². The van der Waals surface area contributed by atoms with Gasteiger partial charge in [-0.15, -0.1) is 0 Å². The van der Waals surface area contributed by atoms with Gasteiger partial charge in [-0.1, -0.05) is 41.9 Å². The van der Waals surface area contributed by atoms with Gasteiger partial charge in [-0.25, -0.2) is 4.98 Å². The number of hydrogen-bond donors (Lipinski definition) is 6. The van der Waals surface area contributed by atoms with Gasteiger partial charge in [0.2, 0.25) is 0 Å². The van der Waals surface area contributed by atoms with Crippen molar-refractivity contribution < 1.29 is 19.8 Å². The standard InChI is InChI=1S/C30H34ClN7O4/c1-19-22(5-3-7-24(19)36-30(42)28-35-21(18-38(28)2)17-33-12-14-40)23-6-4-8-25(27(23)31)37-29(41)26-10-9-20(16-34-26)15-32-11-13-39/h3-10,16,18,32-33,39-40H,11-15,17H2,1-2H3,(H,36,42)(H,37,41). The number of amides is 2.